The largest absolute Gasteiger partial charge is 0.306 e. The van der Waals surface area contributed by atoms with Crippen LogP contribution >= 0.6 is 12.6 Å². The molecule has 0 N–H and O–H groups in total. The predicted molar refractivity (Wildman–Crippen MR) is 66.2 cm³/mol. The lowest BCUT2D eigenvalue weighted by molar-refractivity contribution is 0.187. The van der Waals surface area contributed by atoms with Crippen molar-refractivity contribution in [3.05, 3.63) is 0 Å². The number of hydrogen-bond donors (Lipinski definition) is 1. The van der Waals surface area contributed by atoms with E-state index in [-0.39, 0.29) is 0 Å². The average Bonchev–Trinajstić information content (AvgIpc) is 2.15. The molecule has 3 heteroatoms. The molecule has 1 aliphatic rings. The van der Waals surface area contributed by atoms with E-state index < -0.39 is 0 Å². The van der Waals surface area contributed by atoms with Crippen molar-refractivity contribution in [2.75, 3.05) is 46.0 Å². The van der Waals surface area contributed by atoms with Gasteiger partial charge in [-0.05, 0) is 52.4 Å². The maximum absolute atomic E-state index is 4.24. The van der Waals surface area contributed by atoms with Gasteiger partial charge in [0.15, 0.2) is 0 Å². The lowest BCUT2D eigenvalue weighted by Gasteiger charge is -2.30. The van der Waals surface area contributed by atoms with Crippen molar-refractivity contribution in [1.82, 2.24) is 9.80 Å². The highest BCUT2D eigenvalue weighted by atomic mass is 32.1. The van der Waals surface area contributed by atoms with Gasteiger partial charge in [0.05, 0.1) is 0 Å². The standard InChI is InChI=1S/C11H24N2S/c1-12(8-9-14)7-5-11-4-3-6-13(2)10-11/h11,14H,3-10H2,1-2H3. The Labute approximate surface area is 94.1 Å². The summed E-state index contributed by atoms with van der Waals surface area (Å²) in [5.74, 6) is 1.90. The smallest absolute Gasteiger partial charge is 0.00668 e. The Bertz CT molecular complexity index is 152. The molecule has 1 heterocycles. The molecule has 0 bridgehead atoms. The minimum atomic E-state index is 0.927. The van der Waals surface area contributed by atoms with Crippen molar-refractivity contribution in [1.29, 1.82) is 0 Å². The lowest BCUT2D eigenvalue weighted by Crippen LogP contribution is -2.34. The first-order valence-corrected chi connectivity index (χ1v) is 6.33. The van der Waals surface area contributed by atoms with Crippen LogP contribution in [0, 0.1) is 5.92 Å². The van der Waals surface area contributed by atoms with Gasteiger partial charge in [-0.15, -0.1) is 0 Å². The summed E-state index contributed by atoms with van der Waals surface area (Å²) in [4.78, 5) is 4.86. The van der Waals surface area contributed by atoms with E-state index in [9.17, 15) is 0 Å². The van der Waals surface area contributed by atoms with Gasteiger partial charge in [-0.1, -0.05) is 0 Å². The van der Waals surface area contributed by atoms with Crippen LogP contribution in [0.2, 0.25) is 0 Å². The summed E-state index contributed by atoms with van der Waals surface area (Å²) in [5, 5.41) is 0. The van der Waals surface area contributed by atoms with E-state index in [1.807, 2.05) is 0 Å². The molecular formula is C11H24N2S. The van der Waals surface area contributed by atoms with Gasteiger partial charge in [0, 0.05) is 18.8 Å². The second kappa shape index (κ2) is 6.70. The molecule has 0 aromatic rings. The predicted octanol–water partition coefficient (Wildman–Crippen LogP) is 1.58. The van der Waals surface area contributed by atoms with Crippen LogP contribution < -0.4 is 0 Å². The summed E-state index contributed by atoms with van der Waals surface area (Å²) < 4.78 is 0. The van der Waals surface area contributed by atoms with Gasteiger partial charge < -0.3 is 9.80 Å². The van der Waals surface area contributed by atoms with Crippen LogP contribution in [0.25, 0.3) is 0 Å². The number of rotatable bonds is 5. The molecule has 0 aromatic heterocycles. The molecule has 1 rings (SSSR count). The third-order valence-corrected chi connectivity index (χ3v) is 3.32. The number of piperidine rings is 1. The van der Waals surface area contributed by atoms with Gasteiger partial charge in [0.25, 0.3) is 0 Å². The molecule has 0 radical (unpaired) electrons. The van der Waals surface area contributed by atoms with Gasteiger partial charge in [0.1, 0.15) is 0 Å². The quantitative estimate of drug-likeness (QED) is 0.697. The average molecular weight is 216 g/mol. The van der Waals surface area contributed by atoms with Gasteiger partial charge in [-0.25, -0.2) is 0 Å². The summed E-state index contributed by atoms with van der Waals surface area (Å²) >= 11 is 4.24. The van der Waals surface area contributed by atoms with E-state index in [4.69, 9.17) is 0 Å². The molecule has 1 saturated heterocycles. The van der Waals surface area contributed by atoms with Crippen LogP contribution in [-0.2, 0) is 0 Å². The third-order valence-electron chi connectivity index (χ3n) is 3.12. The topological polar surface area (TPSA) is 6.48 Å². The number of hydrogen-bond acceptors (Lipinski definition) is 3. The summed E-state index contributed by atoms with van der Waals surface area (Å²) in [5.41, 5.74) is 0. The molecule has 0 amide bonds. The maximum atomic E-state index is 4.24. The Balaban J connectivity index is 2.10. The van der Waals surface area contributed by atoms with Crippen molar-refractivity contribution >= 4 is 12.6 Å². The highest BCUT2D eigenvalue weighted by Crippen LogP contribution is 2.18. The van der Waals surface area contributed by atoms with Gasteiger partial charge in [-0.3, -0.25) is 0 Å². The third kappa shape index (κ3) is 4.67. The number of likely N-dealkylation sites (tertiary alicyclic amines) is 1. The van der Waals surface area contributed by atoms with Crippen molar-refractivity contribution in [2.24, 2.45) is 5.92 Å². The molecular weight excluding hydrogens is 192 g/mol. The summed E-state index contributed by atoms with van der Waals surface area (Å²) in [6.45, 7) is 4.95. The van der Waals surface area contributed by atoms with Crippen LogP contribution in [0.4, 0.5) is 0 Å². The van der Waals surface area contributed by atoms with E-state index >= 15 is 0 Å². The van der Waals surface area contributed by atoms with E-state index in [2.05, 4.69) is 36.5 Å². The zero-order valence-corrected chi connectivity index (χ0v) is 10.5. The van der Waals surface area contributed by atoms with Crippen LogP contribution in [0.5, 0.6) is 0 Å². The van der Waals surface area contributed by atoms with Gasteiger partial charge >= 0.3 is 0 Å². The SMILES string of the molecule is CN(CCS)CCC1CCCN(C)C1. The van der Waals surface area contributed by atoms with Gasteiger partial charge in [-0.2, -0.15) is 12.6 Å². The monoisotopic (exact) mass is 216 g/mol. The minimum Gasteiger partial charge on any atom is -0.306 e. The summed E-state index contributed by atoms with van der Waals surface area (Å²) in [6.07, 6.45) is 4.17. The van der Waals surface area contributed by atoms with Crippen LogP contribution in [0.3, 0.4) is 0 Å². The lowest BCUT2D eigenvalue weighted by atomic mass is 9.95. The fourth-order valence-electron chi connectivity index (χ4n) is 2.19. The van der Waals surface area contributed by atoms with Crippen molar-refractivity contribution in [3.8, 4) is 0 Å². The zero-order valence-electron chi connectivity index (χ0n) is 9.58. The molecule has 1 fully saturated rings. The first-order chi connectivity index (χ1) is 6.72. The molecule has 0 aromatic carbocycles. The second-order valence-corrected chi connectivity index (χ2v) is 5.03. The van der Waals surface area contributed by atoms with Crippen molar-refractivity contribution in [3.63, 3.8) is 0 Å². The van der Waals surface area contributed by atoms with E-state index in [1.165, 1.54) is 38.9 Å². The highest BCUT2D eigenvalue weighted by molar-refractivity contribution is 7.80. The normalized spacial score (nSPS) is 24.4. The molecule has 2 nitrogen and oxygen atoms in total. The van der Waals surface area contributed by atoms with E-state index in [0.717, 1.165) is 18.2 Å². The maximum Gasteiger partial charge on any atom is 0.00668 e. The summed E-state index contributed by atoms with van der Waals surface area (Å²) in [6, 6.07) is 0. The van der Waals surface area contributed by atoms with Gasteiger partial charge in [0.2, 0.25) is 0 Å². The van der Waals surface area contributed by atoms with Crippen molar-refractivity contribution in [2.45, 2.75) is 19.3 Å². The second-order valence-electron chi connectivity index (χ2n) is 4.59. The molecule has 0 saturated carbocycles. The highest BCUT2D eigenvalue weighted by Gasteiger charge is 2.16. The molecule has 0 aliphatic carbocycles. The Morgan fingerprint density at radius 3 is 2.86 bits per heavy atom. The zero-order chi connectivity index (χ0) is 10.4. The molecule has 0 spiro atoms. The van der Waals surface area contributed by atoms with Crippen LogP contribution in [0.15, 0.2) is 0 Å². The number of nitrogens with zero attached hydrogens (tertiary/aromatic N) is 2. The first-order valence-electron chi connectivity index (χ1n) is 5.70. The minimum absolute atomic E-state index is 0.927. The first kappa shape index (κ1) is 12.3. The molecule has 1 aliphatic heterocycles. The van der Waals surface area contributed by atoms with E-state index in [1.54, 1.807) is 0 Å². The Hall–Kier alpha value is 0.270. The van der Waals surface area contributed by atoms with Crippen LogP contribution in [-0.4, -0.2) is 55.8 Å². The fourth-order valence-corrected chi connectivity index (χ4v) is 2.54. The molecule has 1 unspecified atom stereocenters. The summed E-state index contributed by atoms with van der Waals surface area (Å²) in [7, 11) is 4.44. The molecule has 1 atom stereocenters. The van der Waals surface area contributed by atoms with Crippen LogP contribution in [0.1, 0.15) is 19.3 Å². The Morgan fingerprint density at radius 1 is 1.43 bits per heavy atom. The fraction of sp³-hybridized carbons (Fsp3) is 1.00. The van der Waals surface area contributed by atoms with Crippen molar-refractivity contribution < 1.29 is 0 Å². The Morgan fingerprint density at radius 2 is 2.21 bits per heavy atom. The number of thiol groups is 1. The molecule has 84 valence electrons. The Kier molecular flexibility index (Phi) is 5.90. The molecule has 14 heavy (non-hydrogen) atoms. The van der Waals surface area contributed by atoms with E-state index in [0.29, 0.717) is 0 Å².